The van der Waals surface area contributed by atoms with E-state index in [-0.39, 0.29) is 17.3 Å². The number of carbonyl (C=O) groups is 1. The second kappa shape index (κ2) is 10.5. The lowest BCUT2D eigenvalue weighted by molar-refractivity contribution is 0.0953. The van der Waals surface area contributed by atoms with Crippen LogP contribution in [0.15, 0.2) is 71.8 Å². The topological polar surface area (TPSA) is 126 Å². The lowest BCUT2D eigenvalue weighted by atomic mass is 10.2. The van der Waals surface area contributed by atoms with Gasteiger partial charge in [0.05, 0.1) is 38.6 Å². The summed E-state index contributed by atoms with van der Waals surface area (Å²) >= 11 is 0. The van der Waals surface area contributed by atoms with Crippen molar-refractivity contribution in [2.75, 3.05) is 27.1 Å². The molecule has 0 aliphatic rings. The fraction of sp³-hybridized carbons (Fsp3) is 0.143. The van der Waals surface area contributed by atoms with E-state index in [0.717, 1.165) is 11.3 Å². The van der Waals surface area contributed by atoms with Crippen molar-refractivity contribution in [3.63, 3.8) is 0 Å². The molecule has 0 spiro atoms. The van der Waals surface area contributed by atoms with E-state index in [1.165, 1.54) is 4.68 Å². The van der Waals surface area contributed by atoms with Crippen molar-refractivity contribution in [3.8, 4) is 17.2 Å². The number of hydrogen-bond acceptors (Lipinski definition) is 8. The highest BCUT2D eigenvalue weighted by atomic mass is 16.5. The summed E-state index contributed by atoms with van der Waals surface area (Å²) in [4.78, 5) is 22.8. The number of nitrogen functional groups attached to an aromatic ring is 1. The fourth-order valence-corrected chi connectivity index (χ4v) is 4.14. The van der Waals surface area contributed by atoms with Crippen molar-refractivity contribution in [3.05, 3.63) is 83.4 Å². The van der Waals surface area contributed by atoms with Crippen LogP contribution in [0.3, 0.4) is 0 Å². The SMILES string of the molecule is COc1ccc(CNC(=O)c2c(N)n(/N=C/c3cccc(OC)c3OC)c3nc4ccccc4nc23)cc1. The number of anilines is 1. The molecule has 0 aliphatic carbocycles. The molecule has 5 aromatic rings. The number of aromatic nitrogens is 3. The Morgan fingerprint density at radius 1 is 0.947 bits per heavy atom. The molecule has 0 radical (unpaired) electrons. The van der Waals surface area contributed by atoms with E-state index in [1.807, 2.05) is 60.7 Å². The number of methoxy groups -OCH3 is 3. The molecule has 0 unspecified atom stereocenters. The number of rotatable bonds is 8. The molecular formula is C28H26N6O4. The fourth-order valence-electron chi connectivity index (χ4n) is 4.14. The summed E-state index contributed by atoms with van der Waals surface area (Å²) in [5.41, 5.74) is 10.3. The number of nitrogens with zero attached hydrogens (tertiary/aromatic N) is 4. The van der Waals surface area contributed by atoms with Crippen LogP contribution in [-0.2, 0) is 6.54 Å². The molecule has 10 heteroatoms. The van der Waals surface area contributed by atoms with Crippen molar-refractivity contribution < 1.29 is 19.0 Å². The zero-order valence-electron chi connectivity index (χ0n) is 21.1. The smallest absolute Gasteiger partial charge is 0.257 e. The number of para-hydroxylation sites is 3. The average molecular weight is 511 g/mol. The van der Waals surface area contributed by atoms with Crippen LogP contribution >= 0.6 is 0 Å². The number of ether oxygens (including phenoxy) is 3. The quantitative estimate of drug-likeness (QED) is 0.302. The number of benzene rings is 3. The number of amides is 1. The molecule has 38 heavy (non-hydrogen) atoms. The maximum absolute atomic E-state index is 13.4. The van der Waals surface area contributed by atoms with Gasteiger partial charge in [-0.1, -0.05) is 30.3 Å². The first kappa shape index (κ1) is 24.6. The molecular weight excluding hydrogens is 484 g/mol. The Bertz CT molecular complexity index is 1660. The first-order valence-corrected chi connectivity index (χ1v) is 11.8. The minimum absolute atomic E-state index is 0.112. The molecule has 0 aliphatic heterocycles. The number of carbonyl (C=O) groups excluding carboxylic acids is 1. The Labute approximate surface area is 218 Å². The Hall–Kier alpha value is -5.12. The van der Waals surface area contributed by atoms with Crippen molar-refractivity contribution in [1.82, 2.24) is 20.0 Å². The molecule has 0 bridgehead atoms. The van der Waals surface area contributed by atoms with Gasteiger partial charge in [0.1, 0.15) is 22.6 Å². The van der Waals surface area contributed by atoms with Crippen LogP contribution in [0.5, 0.6) is 17.2 Å². The van der Waals surface area contributed by atoms with Gasteiger partial charge in [-0.2, -0.15) is 9.78 Å². The Morgan fingerprint density at radius 2 is 1.68 bits per heavy atom. The van der Waals surface area contributed by atoms with E-state index in [9.17, 15) is 4.79 Å². The van der Waals surface area contributed by atoms with Gasteiger partial charge in [0.2, 0.25) is 0 Å². The first-order chi connectivity index (χ1) is 18.5. The second-order valence-corrected chi connectivity index (χ2v) is 8.31. The molecule has 1 amide bonds. The monoisotopic (exact) mass is 510 g/mol. The van der Waals surface area contributed by atoms with E-state index < -0.39 is 0 Å². The van der Waals surface area contributed by atoms with Gasteiger partial charge in [0.25, 0.3) is 5.91 Å². The highest BCUT2D eigenvalue weighted by molar-refractivity contribution is 6.10. The van der Waals surface area contributed by atoms with E-state index in [4.69, 9.17) is 29.9 Å². The van der Waals surface area contributed by atoms with E-state index in [2.05, 4.69) is 10.4 Å². The summed E-state index contributed by atoms with van der Waals surface area (Å²) < 4.78 is 17.5. The van der Waals surface area contributed by atoms with Crippen LogP contribution in [0.4, 0.5) is 5.82 Å². The number of fused-ring (bicyclic) bond motifs is 2. The summed E-state index contributed by atoms with van der Waals surface area (Å²) in [5.74, 6) is 1.54. The standard InChI is InChI=1S/C28H26N6O4/c1-36-19-13-11-17(12-14-19)15-30-28(35)23-24-27(33-21-9-5-4-8-20(21)32-24)34(26(23)29)31-16-18-7-6-10-22(37-2)25(18)38-3/h4-14,16H,15,29H2,1-3H3,(H,30,35)/b31-16+. The van der Waals surface area contributed by atoms with Gasteiger partial charge in [-0.25, -0.2) is 9.97 Å². The third-order valence-corrected chi connectivity index (χ3v) is 6.06. The summed E-state index contributed by atoms with van der Waals surface area (Å²) in [6.45, 7) is 0.292. The third kappa shape index (κ3) is 4.55. The molecule has 192 valence electrons. The van der Waals surface area contributed by atoms with Gasteiger partial charge in [0, 0.05) is 12.1 Å². The van der Waals surface area contributed by atoms with E-state index in [0.29, 0.717) is 45.8 Å². The van der Waals surface area contributed by atoms with E-state index in [1.54, 1.807) is 33.6 Å². The highest BCUT2D eigenvalue weighted by Gasteiger charge is 2.24. The van der Waals surface area contributed by atoms with E-state index >= 15 is 0 Å². The maximum atomic E-state index is 13.4. The van der Waals surface area contributed by atoms with Crippen molar-refractivity contribution in [2.45, 2.75) is 6.54 Å². The lowest BCUT2D eigenvalue weighted by Crippen LogP contribution is -2.23. The second-order valence-electron chi connectivity index (χ2n) is 8.31. The largest absolute Gasteiger partial charge is 0.497 e. The molecule has 0 atom stereocenters. The van der Waals surface area contributed by atoms with Crippen LogP contribution < -0.4 is 25.3 Å². The Kier molecular flexibility index (Phi) is 6.77. The molecule has 2 heterocycles. The van der Waals surface area contributed by atoms with Crippen LogP contribution in [0, 0.1) is 0 Å². The molecule has 0 fully saturated rings. The van der Waals surface area contributed by atoms with Gasteiger partial charge in [-0.3, -0.25) is 4.79 Å². The molecule has 2 aromatic heterocycles. The van der Waals surface area contributed by atoms with Crippen LogP contribution in [0.2, 0.25) is 0 Å². The average Bonchev–Trinajstić information content (AvgIpc) is 3.23. The summed E-state index contributed by atoms with van der Waals surface area (Å²) in [7, 11) is 4.72. The Balaban J connectivity index is 1.57. The zero-order chi connectivity index (χ0) is 26.6. The highest BCUT2D eigenvalue weighted by Crippen LogP contribution is 2.31. The zero-order valence-corrected chi connectivity index (χ0v) is 21.1. The van der Waals surface area contributed by atoms with Crippen LogP contribution in [0.1, 0.15) is 21.5 Å². The molecule has 0 saturated carbocycles. The summed E-state index contributed by atoms with van der Waals surface area (Å²) in [5, 5.41) is 7.50. The summed E-state index contributed by atoms with van der Waals surface area (Å²) in [6, 6.07) is 20.3. The van der Waals surface area contributed by atoms with Gasteiger partial charge in [0.15, 0.2) is 17.1 Å². The van der Waals surface area contributed by atoms with Crippen molar-refractivity contribution >= 4 is 40.1 Å². The Morgan fingerprint density at radius 3 is 2.37 bits per heavy atom. The lowest BCUT2D eigenvalue weighted by Gasteiger charge is -2.09. The van der Waals surface area contributed by atoms with Crippen LogP contribution in [0.25, 0.3) is 22.2 Å². The van der Waals surface area contributed by atoms with Crippen LogP contribution in [-0.4, -0.2) is 48.1 Å². The molecule has 5 rings (SSSR count). The number of nitrogens with two attached hydrogens (primary N) is 1. The van der Waals surface area contributed by atoms with Gasteiger partial charge >= 0.3 is 0 Å². The maximum Gasteiger partial charge on any atom is 0.257 e. The van der Waals surface area contributed by atoms with Gasteiger partial charge < -0.3 is 25.3 Å². The minimum Gasteiger partial charge on any atom is -0.497 e. The van der Waals surface area contributed by atoms with Gasteiger partial charge in [-0.15, -0.1) is 0 Å². The normalized spacial score (nSPS) is 11.2. The number of hydrogen-bond donors (Lipinski definition) is 2. The first-order valence-electron chi connectivity index (χ1n) is 11.8. The van der Waals surface area contributed by atoms with Gasteiger partial charge in [-0.05, 0) is 42.0 Å². The molecule has 3 aromatic carbocycles. The minimum atomic E-state index is -0.388. The molecule has 0 saturated heterocycles. The van der Waals surface area contributed by atoms with Crippen molar-refractivity contribution in [1.29, 1.82) is 0 Å². The predicted molar refractivity (Wildman–Crippen MR) is 146 cm³/mol. The van der Waals surface area contributed by atoms with Crippen molar-refractivity contribution in [2.24, 2.45) is 5.10 Å². The predicted octanol–water partition coefficient (Wildman–Crippen LogP) is 4.00. The summed E-state index contributed by atoms with van der Waals surface area (Å²) in [6.07, 6.45) is 1.58. The molecule has 10 nitrogen and oxygen atoms in total. The third-order valence-electron chi connectivity index (χ3n) is 6.06. The number of nitrogens with one attached hydrogen (secondary N) is 1. The molecule has 3 N–H and O–H groups in total.